The maximum absolute atomic E-state index is 6.07. The number of nitrogens with zero attached hydrogens (tertiary/aromatic N) is 3. The number of aromatic nitrogens is 3. The Morgan fingerprint density at radius 2 is 2.05 bits per heavy atom. The lowest BCUT2D eigenvalue weighted by atomic mass is 10.1. The summed E-state index contributed by atoms with van der Waals surface area (Å²) in [7, 11) is 0. The monoisotopic (exact) mass is 344 g/mol. The zero-order valence-electron chi connectivity index (χ0n) is 11.8. The van der Waals surface area contributed by atoms with Crippen molar-refractivity contribution in [1.29, 1.82) is 0 Å². The molecule has 2 aromatic heterocycles. The SMILES string of the molecule is CC(CCc1ccccc1)n1c(N)nc2cc(Br)cnc21. The molecule has 0 aliphatic rings. The molecule has 1 unspecified atom stereocenters. The maximum atomic E-state index is 6.07. The smallest absolute Gasteiger partial charge is 0.202 e. The highest BCUT2D eigenvalue weighted by Crippen LogP contribution is 2.25. The average Bonchev–Trinajstić information content (AvgIpc) is 2.81. The Morgan fingerprint density at radius 1 is 1.29 bits per heavy atom. The van der Waals surface area contributed by atoms with E-state index in [-0.39, 0.29) is 6.04 Å². The Hall–Kier alpha value is -1.88. The molecule has 2 N–H and O–H groups in total. The van der Waals surface area contributed by atoms with Crippen molar-refractivity contribution in [2.75, 3.05) is 5.73 Å². The first kappa shape index (κ1) is 14.1. The number of imidazole rings is 1. The number of hydrogen-bond donors (Lipinski definition) is 1. The van der Waals surface area contributed by atoms with Crippen molar-refractivity contribution in [2.24, 2.45) is 0 Å². The van der Waals surface area contributed by atoms with Crippen LogP contribution in [0.1, 0.15) is 24.9 Å². The molecular formula is C16H17BrN4. The standard InChI is InChI=1S/C16H17BrN4/c1-11(7-8-12-5-3-2-4-6-12)21-15-14(20-16(21)18)9-13(17)10-19-15/h2-6,9-11H,7-8H2,1H3,(H2,18,20). The summed E-state index contributed by atoms with van der Waals surface area (Å²) in [6.07, 6.45) is 3.79. The molecule has 0 saturated heterocycles. The molecule has 0 aliphatic carbocycles. The van der Waals surface area contributed by atoms with Gasteiger partial charge in [-0.25, -0.2) is 9.97 Å². The average molecular weight is 345 g/mol. The molecule has 2 heterocycles. The minimum absolute atomic E-state index is 0.254. The van der Waals surface area contributed by atoms with Gasteiger partial charge < -0.3 is 5.73 Å². The summed E-state index contributed by atoms with van der Waals surface area (Å²) in [5, 5.41) is 0. The molecule has 0 saturated carbocycles. The van der Waals surface area contributed by atoms with Crippen molar-refractivity contribution in [3.63, 3.8) is 0 Å². The van der Waals surface area contributed by atoms with Gasteiger partial charge in [0.25, 0.3) is 0 Å². The van der Waals surface area contributed by atoms with E-state index in [4.69, 9.17) is 5.73 Å². The summed E-state index contributed by atoms with van der Waals surface area (Å²) in [4.78, 5) is 8.85. The van der Waals surface area contributed by atoms with Crippen molar-refractivity contribution in [3.8, 4) is 0 Å². The highest BCUT2D eigenvalue weighted by molar-refractivity contribution is 9.10. The number of rotatable bonds is 4. The Kier molecular flexibility index (Phi) is 3.92. The van der Waals surface area contributed by atoms with Crippen LogP contribution in [0.25, 0.3) is 11.2 Å². The van der Waals surface area contributed by atoms with Crippen LogP contribution >= 0.6 is 15.9 Å². The molecule has 0 bridgehead atoms. The van der Waals surface area contributed by atoms with Gasteiger partial charge in [-0.1, -0.05) is 30.3 Å². The van der Waals surface area contributed by atoms with Crippen LogP contribution in [0.15, 0.2) is 47.1 Å². The largest absolute Gasteiger partial charge is 0.369 e. The molecule has 0 amide bonds. The third-order valence-electron chi connectivity index (χ3n) is 3.66. The van der Waals surface area contributed by atoms with Gasteiger partial charge in [-0.3, -0.25) is 4.57 Å². The molecular weight excluding hydrogens is 328 g/mol. The third-order valence-corrected chi connectivity index (χ3v) is 4.09. The van der Waals surface area contributed by atoms with E-state index >= 15 is 0 Å². The number of pyridine rings is 1. The first-order valence-corrected chi connectivity index (χ1v) is 7.77. The lowest BCUT2D eigenvalue weighted by molar-refractivity contribution is 0.522. The second kappa shape index (κ2) is 5.85. The molecule has 0 radical (unpaired) electrons. The highest BCUT2D eigenvalue weighted by Gasteiger charge is 2.15. The Labute approximate surface area is 132 Å². The van der Waals surface area contributed by atoms with Gasteiger partial charge in [-0.05, 0) is 47.3 Å². The maximum Gasteiger partial charge on any atom is 0.202 e. The van der Waals surface area contributed by atoms with Gasteiger partial charge >= 0.3 is 0 Å². The van der Waals surface area contributed by atoms with Crippen molar-refractivity contribution in [3.05, 3.63) is 52.6 Å². The van der Waals surface area contributed by atoms with Gasteiger partial charge in [0.15, 0.2) is 5.65 Å². The molecule has 108 valence electrons. The lowest BCUT2D eigenvalue weighted by Gasteiger charge is -2.15. The normalized spacial score (nSPS) is 12.7. The van der Waals surface area contributed by atoms with E-state index in [0.29, 0.717) is 5.95 Å². The van der Waals surface area contributed by atoms with Crippen molar-refractivity contribution >= 4 is 33.0 Å². The van der Waals surface area contributed by atoms with Crippen LogP contribution in [0, 0.1) is 0 Å². The molecule has 1 atom stereocenters. The van der Waals surface area contributed by atoms with Crippen LogP contribution in [0.4, 0.5) is 5.95 Å². The van der Waals surface area contributed by atoms with E-state index in [0.717, 1.165) is 28.5 Å². The van der Waals surface area contributed by atoms with E-state index < -0.39 is 0 Å². The second-order valence-electron chi connectivity index (χ2n) is 5.21. The molecule has 0 aliphatic heterocycles. The summed E-state index contributed by atoms with van der Waals surface area (Å²) in [5.41, 5.74) is 9.08. The Morgan fingerprint density at radius 3 is 2.81 bits per heavy atom. The fourth-order valence-corrected chi connectivity index (χ4v) is 2.88. The molecule has 3 aromatic rings. The topological polar surface area (TPSA) is 56.7 Å². The number of fused-ring (bicyclic) bond motifs is 1. The van der Waals surface area contributed by atoms with E-state index in [1.54, 1.807) is 6.20 Å². The molecule has 3 rings (SSSR count). The molecule has 21 heavy (non-hydrogen) atoms. The quantitative estimate of drug-likeness (QED) is 0.778. The highest BCUT2D eigenvalue weighted by atomic mass is 79.9. The molecule has 0 fully saturated rings. The summed E-state index contributed by atoms with van der Waals surface area (Å²) < 4.78 is 2.93. The zero-order valence-corrected chi connectivity index (χ0v) is 13.4. The Balaban J connectivity index is 1.84. The summed E-state index contributed by atoms with van der Waals surface area (Å²) >= 11 is 3.41. The predicted octanol–water partition coefficient (Wildman–Crippen LogP) is 3.97. The molecule has 0 spiro atoms. The van der Waals surface area contributed by atoms with Gasteiger partial charge in [0.2, 0.25) is 5.95 Å². The van der Waals surface area contributed by atoms with E-state index in [2.05, 4.69) is 57.1 Å². The minimum atomic E-state index is 0.254. The molecule has 4 nitrogen and oxygen atoms in total. The fraction of sp³-hybridized carbons (Fsp3) is 0.250. The lowest BCUT2D eigenvalue weighted by Crippen LogP contribution is -2.10. The number of hydrogen-bond acceptors (Lipinski definition) is 3. The van der Waals surface area contributed by atoms with Gasteiger partial charge in [0.1, 0.15) is 5.52 Å². The number of aryl methyl sites for hydroxylation is 1. The number of halogens is 1. The Bertz CT molecular complexity index is 752. The van der Waals surface area contributed by atoms with Crippen LogP contribution in [0.2, 0.25) is 0 Å². The van der Waals surface area contributed by atoms with Crippen LogP contribution in [0.5, 0.6) is 0 Å². The van der Waals surface area contributed by atoms with E-state index in [1.165, 1.54) is 5.56 Å². The first-order valence-electron chi connectivity index (χ1n) is 6.98. The van der Waals surface area contributed by atoms with Gasteiger partial charge in [-0.2, -0.15) is 0 Å². The second-order valence-corrected chi connectivity index (χ2v) is 6.13. The summed E-state index contributed by atoms with van der Waals surface area (Å²) in [6.45, 7) is 2.16. The van der Waals surface area contributed by atoms with Gasteiger partial charge in [0, 0.05) is 16.7 Å². The number of anilines is 1. The molecule has 5 heteroatoms. The first-order chi connectivity index (χ1) is 10.1. The summed E-state index contributed by atoms with van der Waals surface area (Å²) in [6, 6.07) is 12.7. The van der Waals surface area contributed by atoms with Crippen LogP contribution in [0.3, 0.4) is 0 Å². The third kappa shape index (κ3) is 2.93. The van der Waals surface area contributed by atoms with E-state index in [9.17, 15) is 0 Å². The van der Waals surface area contributed by atoms with Crippen LogP contribution in [-0.2, 0) is 6.42 Å². The predicted molar refractivity (Wildman–Crippen MR) is 89.1 cm³/mol. The van der Waals surface area contributed by atoms with Gasteiger partial charge in [-0.15, -0.1) is 0 Å². The van der Waals surface area contributed by atoms with E-state index in [1.807, 2.05) is 16.7 Å². The number of nitrogen functional groups attached to an aromatic ring is 1. The van der Waals surface area contributed by atoms with Crippen molar-refractivity contribution in [2.45, 2.75) is 25.8 Å². The van der Waals surface area contributed by atoms with Gasteiger partial charge in [0.05, 0.1) is 0 Å². The van der Waals surface area contributed by atoms with Crippen LogP contribution < -0.4 is 5.73 Å². The number of nitrogens with two attached hydrogens (primary N) is 1. The zero-order chi connectivity index (χ0) is 14.8. The number of benzene rings is 1. The van der Waals surface area contributed by atoms with Crippen molar-refractivity contribution < 1.29 is 0 Å². The van der Waals surface area contributed by atoms with Crippen molar-refractivity contribution in [1.82, 2.24) is 14.5 Å². The molecule has 1 aromatic carbocycles. The summed E-state index contributed by atoms with van der Waals surface area (Å²) in [5.74, 6) is 0.524. The minimum Gasteiger partial charge on any atom is -0.369 e. The fourth-order valence-electron chi connectivity index (χ4n) is 2.56. The van der Waals surface area contributed by atoms with Crippen LogP contribution in [-0.4, -0.2) is 14.5 Å².